The number of hydrogen-bond donors (Lipinski definition) is 24. The molecule has 0 radical (unpaired) electrons. The lowest BCUT2D eigenvalue weighted by Crippen LogP contribution is -2.65. The first kappa shape index (κ1) is 118. The summed E-state index contributed by atoms with van der Waals surface area (Å²) in [5.74, 6) is -0.0443. The van der Waals surface area contributed by atoms with E-state index >= 15 is 0 Å². The number of thioether (sulfide) groups is 5. The van der Waals surface area contributed by atoms with E-state index in [2.05, 4.69) is 53.9 Å². The third-order valence-electron chi connectivity index (χ3n) is 29.0. The van der Waals surface area contributed by atoms with Gasteiger partial charge in [0.1, 0.15) is 179 Å². The number of fused-ring (bicyclic) bond motifs is 5. The zero-order valence-electron chi connectivity index (χ0n) is 79.8. The second kappa shape index (κ2) is 55.2. The molecule has 50 heteroatoms. The van der Waals surface area contributed by atoms with Gasteiger partial charge in [0, 0.05) is 64.4 Å². The molecule has 0 bridgehead atoms. The normalized spacial score (nSPS) is 43.6. The van der Waals surface area contributed by atoms with Crippen molar-refractivity contribution < 1.29 is 148 Å². The SMILES string of the molecule is CSC1O[C@H]([C@H](NC(=O)[C@@H]2[C@@H]3OCCCC[C@H]3CN2C)[C@H](C)Cl)C(O)[C@@H](O)[C@H]1O.CSC1O[C@H]([C@H](NC(=O)[C@H]2NC[C@@H]3C=CCO[C@@H]23)[C@H](C)Cl)C(O)[C@@H](O)[C@H]1O.CSC1O[C@H]([C@H](NC(=O)[C@H]2NC[C@@H]3CC=CCO[C@H]32)[C@H](C)Cl)C(O)[C@@H](O)[C@H]1O.CSC1O[C@H]([C@H](NC(=O)[C@H]2NC[C@@H]3CCCCO[C@H]32)[C@H](C)Cl)C(O)[C@@H](O)[C@H]1O.CSC1O[C@H]([C@H](NC(=O)[C@H]2NC[C@@H]3CCCO[C@H]32)[C@H](C)Cl)C(O)[C@@H](O)[C@H]1O. The van der Waals surface area contributed by atoms with Crippen LogP contribution in [0.2, 0.25) is 0 Å². The fourth-order valence-electron chi connectivity index (χ4n) is 21.1. The quantitative estimate of drug-likeness (QED) is 0.0308. The van der Waals surface area contributed by atoms with Gasteiger partial charge in [-0.3, -0.25) is 28.9 Å². The number of nitrogens with one attached hydrogen (secondary N) is 9. The van der Waals surface area contributed by atoms with Crippen molar-refractivity contribution in [1.29, 1.82) is 0 Å². The van der Waals surface area contributed by atoms with Gasteiger partial charge in [-0.15, -0.1) is 117 Å². The summed E-state index contributed by atoms with van der Waals surface area (Å²) < 4.78 is 58.2. The molecule has 24 N–H and O–H groups in total. The fourth-order valence-corrected chi connectivity index (χ4v) is 25.6. The molecule has 40 nitrogen and oxygen atoms in total. The molecule has 0 saturated carbocycles. The van der Waals surface area contributed by atoms with Gasteiger partial charge in [0.25, 0.3) is 0 Å². The van der Waals surface area contributed by atoms with Crippen LogP contribution in [0.15, 0.2) is 24.3 Å². The Morgan fingerprint density at radius 2 is 0.612 bits per heavy atom. The van der Waals surface area contributed by atoms with Crippen LogP contribution in [0.1, 0.15) is 92.4 Å². The molecule has 15 aliphatic heterocycles. The van der Waals surface area contributed by atoms with Crippen LogP contribution < -0.4 is 47.9 Å². The Labute approximate surface area is 858 Å². The van der Waals surface area contributed by atoms with E-state index in [1.165, 1.54) is 58.8 Å². The number of rotatable bonds is 25. The molecule has 0 aromatic carbocycles. The summed E-state index contributed by atoms with van der Waals surface area (Å²) >= 11 is 37.7. The van der Waals surface area contributed by atoms with Gasteiger partial charge in [0.05, 0.1) is 101 Å². The fraction of sp³-hybridized carbons (Fsp3) is 0.899. The Morgan fingerprint density at radius 3 is 0.957 bits per heavy atom. The molecule has 0 spiro atoms. The molecule has 50 atom stereocenters. The number of carbonyl (C=O) groups is 5. The number of ether oxygens (including phenoxy) is 10. The molecule has 5 amide bonds. The number of aliphatic hydroxyl groups excluding tert-OH is 15. The number of alkyl halides is 5. The predicted octanol–water partition coefficient (Wildman–Crippen LogP) is -3.76. The van der Waals surface area contributed by atoms with Crippen molar-refractivity contribution >= 4 is 146 Å². The number of aliphatic hydroxyl groups is 15. The second-order valence-corrected chi connectivity index (χ2v) is 46.6. The van der Waals surface area contributed by atoms with Crippen molar-refractivity contribution in [2.24, 2.45) is 29.6 Å². The average Bonchev–Trinajstić information content (AvgIpc) is 1.09. The zero-order valence-corrected chi connectivity index (χ0v) is 87.7. The van der Waals surface area contributed by atoms with Crippen molar-refractivity contribution in [2.45, 2.75) is 359 Å². The number of carbonyl (C=O) groups excluding carboxylic acids is 5. The Bertz CT molecular complexity index is 3820. The molecular formula is C89H149Cl5N10O30S5. The van der Waals surface area contributed by atoms with Crippen molar-refractivity contribution in [3.63, 3.8) is 0 Å². The lowest BCUT2D eigenvalue weighted by molar-refractivity contribution is -0.205. The van der Waals surface area contributed by atoms with E-state index in [4.69, 9.17) is 105 Å². The van der Waals surface area contributed by atoms with E-state index in [0.717, 1.165) is 77.4 Å². The van der Waals surface area contributed by atoms with Gasteiger partial charge in [-0.1, -0.05) is 37.1 Å². The zero-order chi connectivity index (χ0) is 102. The lowest BCUT2D eigenvalue weighted by atomic mass is 9.91. The maximum absolute atomic E-state index is 13.2. The van der Waals surface area contributed by atoms with Gasteiger partial charge in [-0.2, -0.15) is 0 Å². The van der Waals surface area contributed by atoms with Crippen LogP contribution in [-0.2, 0) is 71.3 Å². The van der Waals surface area contributed by atoms with E-state index in [1.54, 1.807) is 65.9 Å². The minimum absolute atomic E-state index is 0.135. The number of likely N-dealkylation sites (N-methyl/N-ethyl adjacent to an activating group) is 1. The van der Waals surface area contributed by atoms with Crippen molar-refractivity contribution in [2.75, 3.05) is 104 Å². The van der Waals surface area contributed by atoms with Gasteiger partial charge in [0.2, 0.25) is 29.5 Å². The summed E-state index contributed by atoms with van der Waals surface area (Å²) in [6.07, 6.45) is 0.100. The van der Waals surface area contributed by atoms with Crippen LogP contribution in [0.25, 0.3) is 0 Å². The van der Waals surface area contributed by atoms with E-state index in [9.17, 15) is 101 Å². The summed E-state index contributed by atoms with van der Waals surface area (Å²) in [5.41, 5.74) is -3.64. The third kappa shape index (κ3) is 28.6. The molecule has 13 fully saturated rings. The highest BCUT2D eigenvalue weighted by molar-refractivity contribution is 8.00. The average molecular weight is 2180 g/mol. The largest absolute Gasteiger partial charge is 0.388 e. The smallest absolute Gasteiger partial charge is 0.240 e. The van der Waals surface area contributed by atoms with Crippen LogP contribution in [0.4, 0.5) is 0 Å². The maximum Gasteiger partial charge on any atom is 0.240 e. The molecule has 15 heterocycles. The lowest BCUT2D eigenvalue weighted by Gasteiger charge is -2.44. The van der Waals surface area contributed by atoms with Crippen molar-refractivity contribution in [3.05, 3.63) is 24.3 Å². The highest BCUT2D eigenvalue weighted by Crippen LogP contribution is 2.41. The van der Waals surface area contributed by atoms with Gasteiger partial charge < -0.3 is 172 Å². The number of likely N-dealkylation sites (tertiary alicyclic amines) is 1. The minimum Gasteiger partial charge on any atom is -0.388 e. The molecule has 0 aromatic rings. The summed E-state index contributed by atoms with van der Waals surface area (Å²) in [6.45, 7) is 14.9. The summed E-state index contributed by atoms with van der Waals surface area (Å²) in [7, 11) is 1.91. The van der Waals surface area contributed by atoms with Gasteiger partial charge >= 0.3 is 0 Å². The van der Waals surface area contributed by atoms with E-state index in [0.29, 0.717) is 63.9 Å². The minimum atomic E-state index is -1.39. The molecule has 10 unspecified atom stereocenters. The van der Waals surface area contributed by atoms with Crippen LogP contribution in [-0.4, -0.2) is 482 Å². The Kier molecular flexibility index (Phi) is 46.9. The summed E-state index contributed by atoms with van der Waals surface area (Å²) in [4.78, 5) is 67.0. The molecule has 15 aliphatic rings. The topological polar surface area (TPSA) is 593 Å². The monoisotopic (exact) mass is 2170 g/mol. The Balaban J connectivity index is 0.000000166. The van der Waals surface area contributed by atoms with Crippen molar-refractivity contribution in [3.8, 4) is 0 Å². The van der Waals surface area contributed by atoms with E-state index < -0.39 is 237 Å². The highest BCUT2D eigenvalue weighted by atomic mass is 35.5. The van der Waals surface area contributed by atoms with Crippen molar-refractivity contribution in [1.82, 2.24) is 52.8 Å². The first-order valence-electron chi connectivity index (χ1n) is 48.0. The standard InChI is InChI=1S/C19H33ClN2O6S.C18H31ClN2O6S.C18H29ClN2O6S.C17H29ClN2O6S.C17H27ClN2O6S/c1-9(20)11(17-14(24)13(23)15(25)19(28-17)29-3)21-18(26)12-16-10(8-22(12)2)6-4-5-7-27-16;2*1-8(19)10(16-13(23)12(22)14(24)18(27-16)28-2)21-17(25)11-15-9(7-20-11)5-3-4-6-26-15;2*1-7(18)9(15-12(22)11(21)13(23)17(26-15)27-2)20-16(24)10-14-8(6-19-10)4-3-5-25-14/h9-17,19,23-25H,4-8H2,1-3H3,(H,21,26);8-16,18,20,22-24H,3-7H2,1-2H3,(H,21,25);3-4,8-16,18,20,22-24H,5-7H2,1-2H3,(H,21,25);7-15,17,19,21-23H,3-6H2,1-2H3,(H,20,24);3-4,7-15,17,19,21-23H,5-6H2,1-2H3,(H,20,24)/t9-,10-,11+,12-,13+,14?,15+,16+,17+,19?;2*8-,9-,10+,11-,12+,13?,14+,15+,16+,18?;2*7-,8-,9+,10-,11+,12?,13+,14+,15+,17?/m00000/s1. The van der Waals surface area contributed by atoms with Gasteiger partial charge in [-0.25, -0.2) is 0 Å². The second-order valence-electron chi connectivity index (χ2n) is 38.4. The Morgan fingerprint density at radius 1 is 0.331 bits per heavy atom. The Hall–Kier alpha value is -1.17. The van der Waals surface area contributed by atoms with E-state index in [-0.39, 0.29) is 71.9 Å². The van der Waals surface area contributed by atoms with Crippen LogP contribution in [0.5, 0.6) is 0 Å². The number of nitrogens with zero attached hydrogens (tertiary/aromatic N) is 1. The van der Waals surface area contributed by atoms with Gasteiger partial charge in [0.15, 0.2) is 0 Å². The van der Waals surface area contributed by atoms with Crippen LogP contribution >= 0.6 is 117 Å². The first-order valence-corrected chi connectivity index (χ1v) is 56.7. The summed E-state index contributed by atoms with van der Waals surface area (Å²) in [6, 6.07) is -6.23. The summed E-state index contributed by atoms with van der Waals surface area (Å²) in [5, 5.41) is 178. The molecule has 139 heavy (non-hydrogen) atoms. The highest BCUT2D eigenvalue weighted by Gasteiger charge is 2.58. The number of allylic oxidation sites excluding steroid dienone is 1. The van der Waals surface area contributed by atoms with Crippen LogP contribution in [0.3, 0.4) is 0 Å². The van der Waals surface area contributed by atoms with E-state index in [1.807, 2.05) is 30.2 Å². The maximum atomic E-state index is 13.2. The molecular weight excluding hydrogens is 2030 g/mol. The molecule has 0 aliphatic carbocycles. The molecule has 13 saturated heterocycles. The van der Waals surface area contributed by atoms with Gasteiger partial charge in [-0.05, 0) is 136 Å². The number of halogens is 5. The number of amides is 5. The third-order valence-corrected chi connectivity index (χ3v) is 34.6. The molecule has 0 aromatic heterocycles. The first-order chi connectivity index (χ1) is 66.1. The van der Waals surface area contributed by atoms with Crippen LogP contribution in [0, 0.1) is 29.6 Å². The predicted molar refractivity (Wildman–Crippen MR) is 527 cm³/mol. The molecule has 15 rings (SSSR count). The number of hydrogen-bond acceptors (Lipinski definition) is 40. The molecule has 800 valence electrons.